The molecule has 17 heavy (non-hydrogen) atoms. The van der Waals surface area contributed by atoms with Gasteiger partial charge in [0.2, 0.25) is 0 Å². The highest BCUT2D eigenvalue weighted by Crippen LogP contribution is 2.15. The lowest BCUT2D eigenvalue weighted by Crippen LogP contribution is -2.12. The van der Waals surface area contributed by atoms with Crippen molar-refractivity contribution in [1.29, 1.82) is 5.26 Å². The van der Waals surface area contributed by atoms with E-state index in [4.69, 9.17) is 5.26 Å². The average molecular weight is 231 g/mol. The first-order valence-corrected chi connectivity index (χ1v) is 6.26. The van der Waals surface area contributed by atoms with E-state index in [0.717, 1.165) is 17.9 Å². The molecular formula is C14H21N3. The van der Waals surface area contributed by atoms with Crippen LogP contribution in [0.15, 0.2) is 24.3 Å². The fraction of sp³-hybridized carbons (Fsp3) is 0.500. The zero-order valence-electron chi connectivity index (χ0n) is 10.7. The van der Waals surface area contributed by atoms with Gasteiger partial charge in [-0.25, -0.2) is 0 Å². The van der Waals surface area contributed by atoms with Crippen molar-refractivity contribution < 1.29 is 0 Å². The normalized spacial score (nSPS) is 11.6. The molecule has 0 saturated carbocycles. The Morgan fingerprint density at radius 2 is 2.06 bits per heavy atom. The third-order valence-electron chi connectivity index (χ3n) is 2.55. The number of anilines is 2. The van der Waals surface area contributed by atoms with Crippen LogP contribution in [0.4, 0.5) is 11.4 Å². The highest BCUT2D eigenvalue weighted by Gasteiger charge is 1.99. The molecule has 0 aliphatic carbocycles. The minimum Gasteiger partial charge on any atom is -0.385 e. The van der Waals surface area contributed by atoms with Gasteiger partial charge >= 0.3 is 0 Å². The second-order valence-electron chi connectivity index (χ2n) is 4.21. The van der Waals surface area contributed by atoms with Gasteiger partial charge in [0.1, 0.15) is 6.04 Å². The van der Waals surface area contributed by atoms with Gasteiger partial charge in [-0.1, -0.05) is 25.8 Å². The molecule has 0 aromatic heterocycles. The summed E-state index contributed by atoms with van der Waals surface area (Å²) in [7, 11) is 0. The first kappa shape index (κ1) is 13.4. The maximum atomic E-state index is 8.74. The van der Waals surface area contributed by atoms with Gasteiger partial charge in [-0.05, 0) is 31.5 Å². The summed E-state index contributed by atoms with van der Waals surface area (Å²) < 4.78 is 0. The third kappa shape index (κ3) is 5.26. The van der Waals surface area contributed by atoms with Crippen LogP contribution in [0.25, 0.3) is 0 Å². The molecular weight excluding hydrogens is 210 g/mol. The SMILES string of the molecule is CCCCCNc1cccc(NC(C)C#N)c1. The molecule has 3 nitrogen and oxygen atoms in total. The van der Waals surface area contributed by atoms with E-state index in [-0.39, 0.29) is 6.04 Å². The molecule has 1 rings (SSSR count). The Morgan fingerprint density at radius 3 is 2.76 bits per heavy atom. The molecule has 0 saturated heterocycles. The van der Waals surface area contributed by atoms with Crippen LogP contribution >= 0.6 is 0 Å². The van der Waals surface area contributed by atoms with Crippen molar-refractivity contribution in [3.05, 3.63) is 24.3 Å². The number of hydrogen-bond acceptors (Lipinski definition) is 3. The van der Waals surface area contributed by atoms with Gasteiger partial charge in [0.25, 0.3) is 0 Å². The molecule has 0 spiro atoms. The highest BCUT2D eigenvalue weighted by molar-refractivity contribution is 5.57. The van der Waals surface area contributed by atoms with Crippen molar-refractivity contribution in [1.82, 2.24) is 0 Å². The summed E-state index contributed by atoms with van der Waals surface area (Å²) in [5.74, 6) is 0. The molecule has 0 fully saturated rings. The van der Waals surface area contributed by atoms with Crippen LogP contribution in [0.5, 0.6) is 0 Å². The van der Waals surface area contributed by atoms with E-state index in [1.54, 1.807) is 0 Å². The monoisotopic (exact) mass is 231 g/mol. The van der Waals surface area contributed by atoms with Crippen molar-refractivity contribution in [2.75, 3.05) is 17.2 Å². The van der Waals surface area contributed by atoms with Gasteiger partial charge in [0, 0.05) is 17.9 Å². The summed E-state index contributed by atoms with van der Waals surface area (Å²) in [6.45, 7) is 5.06. The van der Waals surface area contributed by atoms with E-state index in [0.29, 0.717) is 0 Å². The van der Waals surface area contributed by atoms with Gasteiger partial charge < -0.3 is 10.6 Å². The Morgan fingerprint density at radius 1 is 1.29 bits per heavy atom. The van der Waals surface area contributed by atoms with Crippen LogP contribution in [0.3, 0.4) is 0 Å². The number of unbranched alkanes of at least 4 members (excludes halogenated alkanes) is 2. The Bertz CT molecular complexity index is 368. The standard InChI is InChI=1S/C14H21N3/c1-3-4-5-9-16-13-7-6-8-14(10-13)17-12(2)11-15/h6-8,10,12,16-17H,3-5,9H2,1-2H3. The Labute approximate surface area is 104 Å². The molecule has 0 heterocycles. The van der Waals surface area contributed by atoms with E-state index in [1.807, 2.05) is 31.2 Å². The summed E-state index contributed by atoms with van der Waals surface area (Å²) in [5.41, 5.74) is 2.09. The molecule has 3 heteroatoms. The highest BCUT2D eigenvalue weighted by atomic mass is 14.9. The minimum atomic E-state index is -0.162. The smallest absolute Gasteiger partial charge is 0.111 e. The van der Waals surface area contributed by atoms with Crippen LogP contribution in [0.2, 0.25) is 0 Å². The second-order valence-corrected chi connectivity index (χ2v) is 4.21. The van der Waals surface area contributed by atoms with E-state index in [2.05, 4.69) is 23.6 Å². The molecule has 92 valence electrons. The Balaban J connectivity index is 2.45. The molecule has 0 radical (unpaired) electrons. The van der Waals surface area contributed by atoms with Crippen molar-refractivity contribution in [2.24, 2.45) is 0 Å². The van der Waals surface area contributed by atoms with Gasteiger partial charge in [-0.3, -0.25) is 0 Å². The maximum absolute atomic E-state index is 8.74. The van der Waals surface area contributed by atoms with Gasteiger partial charge in [0.05, 0.1) is 6.07 Å². The fourth-order valence-corrected chi connectivity index (χ4v) is 1.61. The van der Waals surface area contributed by atoms with Crippen LogP contribution in [-0.4, -0.2) is 12.6 Å². The number of hydrogen-bond donors (Lipinski definition) is 2. The third-order valence-corrected chi connectivity index (χ3v) is 2.55. The quantitative estimate of drug-likeness (QED) is 0.705. The van der Waals surface area contributed by atoms with E-state index < -0.39 is 0 Å². The molecule has 0 bridgehead atoms. The predicted molar refractivity (Wildman–Crippen MR) is 73.2 cm³/mol. The number of nitrogens with one attached hydrogen (secondary N) is 2. The van der Waals surface area contributed by atoms with E-state index >= 15 is 0 Å². The lowest BCUT2D eigenvalue weighted by Gasteiger charge is -2.11. The largest absolute Gasteiger partial charge is 0.385 e. The first-order valence-electron chi connectivity index (χ1n) is 6.26. The molecule has 1 atom stereocenters. The topological polar surface area (TPSA) is 47.8 Å². The van der Waals surface area contributed by atoms with E-state index in [9.17, 15) is 0 Å². The van der Waals surface area contributed by atoms with Crippen molar-refractivity contribution >= 4 is 11.4 Å². The van der Waals surface area contributed by atoms with Crippen molar-refractivity contribution in [2.45, 2.75) is 39.2 Å². The van der Waals surface area contributed by atoms with Crippen LogP contribution in [-0.2, 0) is 0 Å². The number of benzene rings is 1. The van der Waals surface area contributed by atoms with Crippen LogP contribution in [0, 0.1) is 11.3 Å². The molecule has 0 aliphatic heterocycles. The molecule has 2 N–H and O–H groups in total. The van der Waals surface area contributed by atoms with Gasteiger partial charge in [-0.15, -0.1) is 0 Å². The molecule has 1 aromatic rings. The molecule has 0 aliphatic rings. The lowest BCUT2D eigenvalue weighted by molar-refractivity contribution is 0.744. The lowest BCUT2D eigenvalue weighted by atomic mass is 10.2. The summed E-state index contributed by atoms with van der Waals surface area (Å²) in [6.07, 6.45) is 3.70. The maximum Gasteiger partial charge on any atom is 0.111 e. The Kier molecular flexibility index (Phi) is 5.95. The molecule has 1 aromatic carbocycles. The fourth-order valence-electron chi connectivity index (χ4n) is 1.61. The number of nitriles is 1. The summed E-state index contributed by atoms with van der Waals surface area (Å²) in [6, 6.07) is 10.1. The summed E-state index contributed by atoms with van der Waals surface area (Å²) in [4.78, 5) is 0. The Hall–Kier alpha value is -1.69. The summed E-state index contributed by atoms with van der Waals surface area (Å²) in [5, 5.41) is 15.3. The van der Waals surface area contributed by atoms with Crippen LogP contribution in [0.1, 0.15) is 33.1 Å². The van der Waals surface area contributed by atoms with Gasteiger partial charge in [0.15, 0.2) is 0 Å². The number of nitrogens with zero attached hydrogens (tertiary/aromatic N) is 1. The number of rotatable bonds is 7. The second kappa shape index (κ2) is 7.56. The molecule has 1 unspecified atom stereocenters. The van der Waals surface area contributed by atoms with Crippen molar-refractivity contribution in [3.8, 4) is 6.07 Å². The van der Waals surface area contributed by atoms with Crippen LogP contribution < -0.4 is 10.6 Å². The summed E-state index contributed by atoms with van der Waals surface area (Å²) >= 11 is 0. The zero-order chi connectivity index (χ0) is 12.5. The molecule has 0 amide bonds. The predicted octanol–water partition coefficient (Wildman–Crippen LogP) is 3.61. The minimum absolute atomic E-state index is 0.162. The van der Waals surface area contributed by atoms with E-state index in [1.165, 1.54) is 19.3 Å². The average Bonchev–Trinajstić information content (AvgIpc) is 2.35. The first-order chi connectivity index (χ1) is 8.26. The zero-order valence-corrected chi connectivity index (χ0v) is 10.7. The van der Waals surface area contributed by atoms with Crippen molar-refractivity contribution in [3.63, 3.8) is 0 Å². The van der Waals surface area contributed by atoms with Gasteiger partial charge in [-0.2, -0.15) is 5.26 Å².